The summed E-state index contributed by atoms with van der Waals surface area (Å²) in [6, 6.07) is 12.1. The molecule has 3 nitrogen and oxygen atoms in total. The number of rotatable bonds is 3. The lowest BCUT2D eigenvalue weighted by Gasteiger charge is -2.35. The molecule has 2 aromatic carbocycles. The van der Waals surface area contributed by atoms with Gasteiger partial charge < -0.3 is 10.0 Å². The number of carboxylic acids is 1. The van der Waals surface area contributed by atoms with Crippen molar-refractivity contribution >= 4 is 11.7 Å². The van der Waals surface area contributed by atoms with Gasteiger partial charge in [0.15, 0.2) is 0 Å². The first kappa shape index (κ1) is 17.3. The highest BCUT2D eigenvalue weighted by Gasteiger charge is 2.30. The minimum absolute atomic E-state index is 0.162. The van der Waals surface area contributed by atoms with Crippen LogP contribution in [0.2, 0.25) is 0 Å². The van der Waals surface area contributed by atoms with Gasteiger partial charge in [-0.05, 0) is 54.8 Å². The highest BCUT2D eigenvalue weighted by atomic mass is 19.4. The molecule has 1 heterocycles. The number of hydrogen-bond acceptors (Lipinski definition) is 2. The number of aromatic carboxylic acids is 1. The van der Waals surface area contributed by atoms with E-state index in [0.717, 1.165) is 42.8 Å². The van der Waals surface area contributed by atoms with E-state index in [2.05, 4.69) is 4.90 Å². The molecule has 1 aliphatic heterocycles. The standard InChI is InChI=1S/C19H18F3NO2/c20-19(21,22)16-7-3-13(4-8-16)15-2-1-11-23(12-15)17-9-5-14(6-10-17)18(24)25/h3-10,15H,1-2,11-12H2,(H,24,25). The Morgan fingerprint density at radius 2 is 1.68 bits per heavy atom. The van der Waals surface area contributed by atoms with Gasteiger partial charge in [0, 0.05) is 24.7 Å². The van der Waals surface area contributed by atoms with Gasteiger partial charge in [-0.25, -0.2) is 4.79 Å². The molecule has 1 fully saturated rings. The molecule has 25 heavy (non-hydrogen) atoms. The van der Waals surface area contributed by atoms with Crippen molar-refractivity contribution in [3.63, 3.8) is 0 Å². The first-order valence-electron chi connectivity index (χ1n) is 8.10. The fourth-order valence-electron chi connectivity index (χ4n) is 3.24. The molecule has 0 bridgehead atoms. The smallest absolute Gasteiger partial charge is 0.416 e. The topological polar surface area (TPSA) is 40.5 Å². The van der Waals surface area contributed by atoms with Gasteiger partial charge in [-0.1, -0.05) is 12.1 Å². The van der Waals surface area contributed by atoms with Crippen LogP contribution in [0.5, 0.6) is 0 Å². The summed E-state index contributed by atoms with van der Waals surface area (Å²) in [5.41, 5.74) is 1.44. The maximum atomic E-state index is 12.7. The Morgan fingerprint density at radius 1 is 1.04 bits per heavy atom. The third-order valence-electron chi connectivity index (χ3n) is 4.61. The number of carboxylic acid groups (broad SMARTS) is 1. The number of hydrogen-bond donors (Lipinski definition) is 1. The van der Waals surface area contributed by atoms with E-state index >= 15 is 0 Å². The predicted molar refractivity (Wildman–Crippen MR) is 89.0 cm³/mol. The molecule has 0 spiro atoms. The van der Waals surface area contributed by atoms with Crippen molar-refractivity contribution in [3.8, 4) is 0 Å². The zero-order valence-corrected chi connectivity index (χ0v) is 13.5. The molecule has 1 atom stereocenters. The van der Waals surface area contributed by atoms with Crippen LogP contribution < -0.4 is 4.90 Å². The summed E-state index contributed by atoms with van der Waals surface area (Å²) in [6.07, 6.45) is -2.45. The molecule has 2 aromatic rings. The van der Waals surface area contributed by atoms with Crippen LogP contribution in [0.25, 0.3) is 0 Å². The molecule has 3 rings (SSSR count). The summed E-state index contributed by atoms with van der Waals surface area (Å²) in [4.78, 5) is 13.1. The number of carbonyl (C=O) groups is 1. The first-order valence-corrected chi connectivity index (χ1v) is 8.10. The number of benzene rings is 2. The summed E-state index contributed by atoms with van der Waals surface area (Å²) in [7, 11) is 0. The van der Waals surface area contributed by atoms with Gasteiger partial charge in [-0.15, -0.1) is 0 Å². The van der Waals surface area contributed by atoms with Crippen LogP contribution in [0.4, 0.5) is 18.9 Å². The Labute approximate surface area is 143 Å². The zero-order valence-electron chi connectivity index (χ0n) is 13.5. The van der Waals surface area contributed by atoms with Crippen LogP contribution in [0.1, 0.15) is 40.2 Å². The Hall–Kier alpha value is -2.50. The van der Waals surface area contributed by atoms with Crippen LogP contribution in [0, 0.1) is 0 Å². The molecule has 1 saturated heterocycles. The van der Waals surface area contributed by atoms with Gasteiger partial charge in [0.2, 0.25) is 0 Å². The van der Waals surface area contributed by atoms with E-state index in [0.29, 0.717) is 6.54 Å². The zero-order chi connectivity index (χ0) is 18.0. The lowest BCUT2D eigenvalue weighted by Crippen LogP contribution is -2.34. The van der Waals surface area contributed by atoms with Gasteiger partial charge in [-0.2, -0.15) is 13.2 Å². The molecule has 0 aliphatic carbocycles. The number of nitrogens with zero attached hydrogens (tertiary/aromatic N) is 1. The van der Waals surface area contributed by atoms with Crippen molar-refractivity contribution in [1.82, 2.24) is 0 Å². The third kappa shape index (κ3) is 3.95. The molecule has 6 heteroatoms. The Morgan fingerprint density at radius 3 is 2.24 bits per heavy atom. The van der Waals surface area contributed by atoms with Crippen molar-refractivity contribution in [2.75, 3.05) is 18.0 Å². The van der Waals surface area contributed by atoms with Gasteiger partial charge in [-0.3, -0.25) is 0 Å². The fraction of sp³-hybridized carbons (Fsp3) is 0.316. The van der Waals surface area contributed by atoms with E-state index in [1.807, 2.05) is 0 Å². The monoisotopic (exact) mass is 349 g/mol. The van der Waals surface area contributed by atoms with Crippen LogP contribution in [0.15, 0.2) is 48.5 Å². The molecule has 1 aliphatic rings. The van der Waals surface area contributed by atoms with Crippen molar-refractivity contribution in [1.29, 1.82) is 0 Å². The van der Waals surface area contributed by atoms with E-state index in [-0.39, 0.29) is 11.5 Å². The average Bonchev–Trinajstić information content (AvgIpc) is 2.61. The molecular weight excluding hydrogens is 331 g/mol. The van der Waals surface area contributed by atoms with Crippen molar-refractivity contribution in [3.05, 3.63) is 65.2 Å². The second kappa shape index (κ2) is 6.78. The molecule has 0 radical (unpaired) electrons. The summed E-state index contributed by atoms with van der Waals surface area (Å²) < 4.78 is 38.1. The Kier molecular flexibility index (Phi) is 4.70. The summed E-state index contributed by atoms with van der Waals surface area (Å²) in [5, 5.41) is 8.96. The quantitative estimate of drug-likeness (QED) is 0.866. The number of alkyl halides is 3. The van der Waals surface area contributed by atoms with Crippen molar-refractivity contribution < 1.29 is 23.1 Å². The molecule has 1 unspecified atom stereocenters. The van der Waals surface area contributed by atoms with Crippen LogP contribution in [0.3, 0.4) is 0 Å². The highest BCUT2D eigenvalue weighted by Crippen LogP contribution is 2.33. The van der Waals surface area contributed by atoms with Crippen LogP contribution in [-0.4, -0.2) is 24.2 Å². The lowest BCUT2D eigenvalue weighted by molar-refractivity contribution is -0.137. The molecular formula is C19H18F3NO2. The Balaban J connectivity index is 1.73. The summed E-state index contributed by atoms with van der Waals surface area (Å²) in [6.45, 7) is 1.56. The van der Waals surface area contributed by atoms with Gasteiger partial charge >= 0.3 is 12.1 Å². The molecule has 0 amide bonds. The van der Waals surface area contributed by atoms with Gasteiger partial charge in [0.25, 0.3) is 0 Å². The molecule has 0 aromatic heterocycles. The number of halogens is 3. The van der Waals surface area contributed by atoms with Gasteiger partial charge in [0.1, 0.15) is 0 Å². The molecule has 1 N–H and O–H groups in total. The normalized spacial score (nSPS) is 18.2. The fourth-order valence-corrected chi connectivity index (χ4v) is 3.24. The summed E-state index contributed by atoms with van der Waals surface area (Å²) in [5.74, 6) is -0.803. The summed E-state index contributed by atoms with van der Waals surface area (Å²) >= 11 is 0. The van der Waals surface area contributed by atoms with Crippen molar-refractivity contribution in [2.45, 2.75) is 24.9 Å². The van der Waals surface area contributed by atoms with E-state index < -0.39 is 17.7 Å². The maximum absolute atomic E-state index is 12.7. The highest BCUT2D eigenvalue weighted by molar-refractivity contribution is 5.88. The van der Waals surface area contributed by atoms with Crippen molar-refractivity contribution in [2.24, 2.45) is 0 Å². The average molecular weight is 349 g/mol. The van der Waals surface area contributed by atoms with E-state index in [1.165, 1.54) is 0 Å². The van der Waals surface area contributed by atoms with Crippen LogP contribution >= 0.6 is 0 Å². The number of anilines is 1. The Bertz CT molecular complexity index is 739. The third-order valence-corrected chi connectivity index (χ3v) is 4.61. The van der Waals surface area contributed by atoms with Gasteiger partial charge in [0.05, 0.1) is 11.1 Å². The van der Waals surface area contributed by atoms with E-state index in [1.54, 1.807) is 36.4 Å². The lowest BCUT2D eigenvalue weighted by atomic mass is 9.90. The van der Waals surface area contributed by atoms with Crippen LogP contribution in [-0.2, 0) is 6.18 Å². The second-order valence-electron chi connectivity index (χ2n) is 6.26. The second-order valence-corrected chi connectivity index (χ2v) is 6.26. The minimum atomic E-state index is -4.32. The maximum Gasteiger partial charge on any atom is 0.416 e. The molecule has 0 saturated carbocycles. The van der Waals surface area contributed by atoms with E-state index in [4.69, 9.17) is 5.11 Å². The SMILES string of the molecule is O=C(O)c1ccc(N2CCCC(c3ccc(C(F)(F)F)cc3)C2)cc1. The molecule has 132 valence electrons. The number of piperidine rings is 1. The van der Waals surface area contributed by atoms with E-state index in [9.17, 15) is 18.0 Å². The largest absolute Gasteiger partial charge is 0.478 e. The minimum Gasteiger partial charge on any atom is -0.478 e. The predicted octanol–water partition coefficient (Wildman–Crippen LogP) is 4.79. The first-order chi connectivity index (χ1) is 11.8.